The summed E-state index contributed by atoms with van der Waals surface area (Å²) < 4.78 is 1.89. The van der Waals surface area contributed by atoms with Crippen LogP contribution < -0.4 is 5.32 Å². The first kappa shape index (κ1) is 14.1. The number of non-ortho nitro benzene ring substituents is 1. The number of aryl methyl sites for hydroxylation is 1. The van der Waals surface area contributed by atoms with Crippen molar-refractivity contribution in [2.75, 3.05) is 0 Å². The number of nitro groups is 1. The monoisotopic (exact) mass is 293 g/mol. The molecule has 1 heterocycles. The highest BCUT2D eigenvalue weighted by molar-refractivity contribution is 6.34. The summed E-state index contributed by atoms with van der Waals surface area (Å²) in [5.74, 6) is -0.369. The summed E-state index contributed by atoms with van der Waals surface area (Å²) in [7, 11) is 1.88. The molecule has 0 unspecified atom stereocenters. The molecule has 0 bridgehead atoms. The van der Waals surface area contributed by atoms with E-state index >= 15 is 0 Å². The van der Waals surface area contributed by atoms with E-state index in [1.165, 1.54) is 18.2 Å². The third-order valence-corrected chi connectivity index (χ3v) is 3.20. The summed E-state index contributed by atoms with van der Waals surface area (Å²) in [5.41, 5.74) is 1.01. The third kappa shape index (κ3) is 2.97. The minimum absolute atomic E-state index is 0.0589. The molecule has 0 aliphatic rings. The fraction of sp³-hybridized carbons (Fsp3) is 0.154. The van der Waals surface area contributed by atoms with Gasteiger partial charge in [0.05, 0.1) is 22.1 Å². The van der Waals surface area contributed by atoms with Crippen LogP contribution in [0.2, 0.25) is 5.02 Å². The lowest BCUT2D eigenvalue weighted by Gasteiger charge is -2.07. The van der Waals surface area contributed by atoms with E-state index in [9.17, 15) is 14.9 Å². The van der Waals surface area contributed by atoms with E-state index in [0.29, 0.717) is 6.54 Å². The SMILES string of the molecule is Cn1cccc1CNC(=O)c1ccc([N+](=O)[O-])cc1Cl. The number of nitrogens with one attached hydrogen (secondary N) is 1. The van der Waals surface area contributed by atoms with Gasteiger partial charge in [0.1, 0.15) is 0 Å². The van der Waals surface area contributed by atoms with Gasteiger partial charge in [0.25, 0.3) is 11.6 Å². The Morgan fingerprint density at radius 2 is 2.20 bits per heavy atom. The van der Waals surface area contributed by atoms with E-state index in [0.717, 1.165) is 5.69 Å². The van der Waals surface area contributed by atoms with Crippen molar-refractivity contribution < 1.29 is 9.72 Å². The number of carbonyl (C=O) groups is 1. The Kier molecular flexibility index (Phi) is 4.05. The van der Waals surface area contributed by atoms with Gasteiger partial charge in [-0.1, -0.05) is 11.6 Å². The summed E-state index contributed by atoms with van der Waals surface area (Å²) in [6, 6.07) is 7.53. The molecule has 20 heavy (non-hydrogen) atoms. The van der Waals surface area contributed by atoms with Gasteiger partial charge in [0.2, 0.25) is 0 Å². The van der Waals surface area contributed by atoms with E-state index < -0.39 is 4.92 Å². The topological polar surface area (TPSA) is 77.2 Å². The van der Waals surface area contributed by atoms with Crippen LogP contribution in [0.3, 0.4) is 0 Å². The number of halogens is 1. The van der Waals surface area contributed by atoms with Crippen LogP contribution in [0.1, 0.15) is 16.1 Å². The van der Waals surface area contributed by atoms with Gasteiger partial charge in [-0.15, -0.1) is 0 Å². The lowest BCUT2D eigenvalue weighted by atomic mass is 10.2. The van der Waals surface area contributed by atoms with E-state index in [-0.39, 0.29) is 22.2 Å². The molecular weight excluding hydrogens is 282 g/mol. The van der Waals surface area contributed by atoms with Crippen LogP contribution in [-0.2, 0) is 13.6 Å². The highest BCUT2D eigenvalue weighted by Crippen LogP contribution is 2.22. The number of carbonyl (C=O) groups excluding carboxylic acids is 1. The molecule has 2 rings (SSSR count). The smallest absolute Gasteiger partial charge is 0.270 e. The van der Waals surface area contributed by atoms with Gasteiger partial charge in [-0.05, 0) is 18.2 Å². The van der Waals surface area contributed by atoms with E-state index in [2.05, 4.69) is 5.32 Å². The molecule has 0 fully saturated rings. The van der Waals surface area contributed by atoms with E-state index in [1.807, 2.05) is 29.9 Å². The van der Waals surface area contributed by atoms with Crippen molar-refractivity contribution in [3.63, 3.8) is 0 Å². The minimum Gasteiger partial charge on any atom is -0.353 e. The van der Waals surface area contributed by atoms with Gasteiger partial charge in [0, 0.05) is 31.1 Å². The normalized spacial score (nSPS) is 10.3. The lowest BCUT2D eigenvalue weighted by molar-refractivity contribution is -0.384. The fourth-order valence-corrected chi connectivity index (χ4v) is 2.01. The molecular formula is C13H12ClN3O3. The molecule has 0 saturated heterocycles. The summed E-state index contributed by atoms with van der Waals surface area (Å²) in [5, 5.41) is 13.4. The van der Waals surface area contributed by atoms with Crippen LogP contribution in [-0.4, -0.2) is 15.4 Å². The maximum atomic E-state index is 12.0. The minimum atomic E-state index is -0.558. The van der Waals surface area contributed by atoms with Gasteiger partial charge < -0.3 is 9.88 Å². The summed E-state index contributed by atoms with van der Waals surface area (Å²) >= 11 is 5.89. The summed E-state index contributed by atoms with van der Waals surface area (Å²) in [4.78, 5) is 22.0. The van der Waals surface area contributed by atoms with Crippen molar-refractivity contribution in [1.82, 2.24) is 9.88 Å². The molecule has 1 N–H and O–H groups in total. The van der Waals surface area contributed by atoms with Crippen molar-refractivity contribution in [3.8, 4) is 0 Å². The fourth-order valence-electron chi connectivity index (χ4n) is 1.75. The molecule has 7 heteroatoms. The molecule has 104 valence electrons. The molecule has 6 nitrogen and oxygen atoms in total. The maximum absolute atomic E-state index is 12.0. The van der Waals surface area contributed by atoms with Crippen LogP contribution in [0.15, 0.2) is 36.5 Å². The van der Waals surface area contributed by atoms with Crippen LogP contribution in [0.4, 0.5) is 5.69 Å². The van der Waals surface area contributed by atoms with E-state index in [1.54, 1.807) is 0 Å². The quantitative estimate of drug-likeness (QED) is 0.695. The van der Waals surface area contributed by atoms with Gasteiger partial charge >= 0.3 is 0 Å². The van der Waals surface area contributed by atoms with Crippen LogP contribution in [0.5, 0.6) is 0 Å². The first-order valence-corrected chi connectivity index (χ1v) is 6.19. The molecule has 0 atom stereocenters. The maximum Gasteiger partial charge on any atom is 0.270 e. The molecule has 0 aliphatic heterocycles. The number of nitro benzene ring substituents is 1. The predicted molar refractivity (Wildman–Crippen MR) is 74.7 cm³/mol. The second-order valence-corrected chi connectivity index (χ2v) is 4.62. The number of amides is 1. The Hall–Kier alpha value is -2.34. The van der Waals surface area contributed by atoms with Crippen molar-refractivity contribution in [1.29, 1.82) is 0 Å². The first-order valence-electron chi connectivity index (χ1n) is 5.81. The Balaban J connectivity index is 2.10. The van der Waals surface area contributed by atoms with Crippen molar-refractivity contribution in [2.45, 2.75) is 6.54 Å². The highest BCUT2D eigenvalue weighted by atomic mass is 35.5. The molecule has 0 spiro atoms. The number of aromatic nitrogens is 1. The van der Waals surface area contributed by atoms with Crippen LogP contribution in [0, 0.1) is 10.1 Å². The summed E-state index contributed by atoms with van der Waals surface area (Å²) in [6.07, 6.45) is 1.88. The zero-order valence-corrected chi connectivity index (χ0v) is 11.4. The van der Waals surface area contributed by atoms with Crippen LogP contribution >= 0.6 is 11.6 Å². The predicted octanol–water partition coefficient (Wildman–Crippen LogP) is 2.52. The van der Waals surface area contributed by atoms with Gasteiger partial charge in [-0.25, -0.2) is 0 Å². The molecule has 0 radical (unpaired) electrons. The Labute approximate surface area is 120 Å². The van der Waals surface area contributed by atoms with Crippen LogP contribution in [0.25, 0.3) is 0 Å². The number of nitrogens with zero attached hydrogens (tertiary/aromatic N) is 2. The second kappa shape index (κ2) is 5.75. The Morgan fingerprint density at radius 1 is 1.45 bits per heavy atom. The molecule has 1 aromatic heterocycles. The highest BCUT2D eigenvalue weighted by Gasteiger charge is 2.14. The van der Waals surface area contributed by atoms with Gasteiger partial charge in [-0.3, -0.25) is 14.9 Å². The lowest BCUT2D eigenvalue weighted by Crippen LogP contribution is -2.24. The third-order valence-electron chi connectivity index (χ3n) is 2.89. The summed E-state index contributed by atoms with van der Waals surface area (Å²) in [6.45, 7) is 0.357. The average Bonchev–Trinajstić information content (AvgIpc) is 2.81. The molecule has 2 aromatic rings. The zero-order chi connectivity index (χ0) is 14.7. The van der Waals surface area contributed by atoms with Crippen molar-refractivity contribution >= 4 is 23.2 Å². The van der Waals surface area contributed by atoms with Gasteiger partial charge in [-0.2, -0.15) is 0 Å². The first-order chi connectivity index (χ1) is 9.49. The van der Waals surface area contributed by atoms with E-state index in [4.69, 9.17) is 11.6 Å². The largest absolute Gasteiger partial charge is 0.353 e. The Morgan fingerprint density at radius 3 is 2.75 bits per heavy atom. The standard InChI is InChI=1S/C13H12ClN3O3/c1-16-6-2-3-10(16)8-15-13(18)11-5-4-9(17(19)20)7-12(11)14/h2-7H,8H2,1H3,(H,15,18). The number of hydrogen-bond donors (Lipinski definition) is 1. The second-order valence-electron chi connectivity index (χ2n) is 4.21. The molecule has 1 aromatic carbocycles. The number of rotatable bonds is 4. The average molecular weight is 294 g/mol. The van der Waals surface area contributed by atoms with Crippen molar-refractivity contribution in [2.24, 2.45) is 7.05 Å². The number of hydrogen-bond acceptors (Lipinski definition) is 3. The Bertz CT molecular complexity index is 667. The molecule has 1 amide bonds. The number of benzene rings is 1. The van der Waals surface area contributed by atoms with Crippen molar-refractivity contribution in [3.05, 3.63) is 62.9 Å². The molecule has 0 saturated carbocycles. The zero-order valence-electron chi connectivity index (χ0n) is 10.7. The van der Waals surface area contributed by atoms with Gasteiger partial charge in [0.15, 0.2) is 0 Å². The molecule has 0 aliphatic carbocycles.